The van der Waals surface area contributed by atoms with Crippen LogP contribution in [0.2, 0.25) is 0 Å². The van der Waals surface area contributed by atoms with Crippen LogP contribution in [0.25, 0.3) is 11.0 Å². The first-order chi connectivity index (χ1) is 7.46. The molecule has 2 rings (SSSR count). The van der Waals surface area contributed by atoms with Crippen molar-refractivity contribution in [3.63, 3.8) is 0 Å². The van der Waals surface area contributed by atoms with E-state index < -0.39 is 5.54 Å². The van der Waals surface area contributed by atoms with Crippen molar-refractivity contribution in [3.8, 4) is 11.8 Å². The van der Waals surface area contributed by atoms with Crippen LogP contribution in [0, 0.1) is 18.8 Å². The normalized spacial score (nSPS) is 11.2. The van der Waals surface area contributed by atoms with Crippen molar-refractivity contribution >= 4 is 11.0 Å². The maximum absolute atomic E-state index is 5.79. The summed E-state index contributed by atoms with van der Waals surface area (Å²) in [5.41, 5.74) is 7.33. The largest absolute Gasteiger partial charge is 0.447 e. The molecule has 0 spiro atoms. The maximum Gasteiger partial charge on any atom is 0.178 e. The Morgan fingerprint density at radius 3 is 2.69 bits per heavy atom. The summed E-state index contributed by atoms with van der Waals surface area (Å²) < 4.78 is 5.67. The van der Waals surface area contributed by atoms with E-state index in [1.807, 2.05) is 45.0 Å². The molecule has 2 heteroatoms. The van der Waals surface area contributed by atoms with Crippen LogP contribution in [-0.4, -0.2) is 5.54 Å². The minimum atomic E-state index is -0.492. The molecule has 0 aliphatic rings. The minimum absolute atomic E-state index is 0.492. The van der Waals surface area contributed by atoms with Gasteiger partial charge in [-0.1, -0.05) is 24.1 Å². The number of benzene rings is 1. The third kappa shape index (κ3) is 2.26. The van der Waals surface area contributed by atoms with Crippen LogP contribution >= 0.6 is 0 Å². The molecule has 0 fully saturated rings. The lowest BCUT2D eigenvalue weighted by molar-refractivity contribution is 0.597. The Morgan fingerprint density at radius 2 is 2.06 bits per heavy atom. The van der Waals surface area contributed by atoms with Gasteiger partial charge in [0.25, 0.3) is 0 Å². The lowest BCUT2D eigenvalue weighted by Crippen LogP contribution is -2.29. The Hall–Kier alpha value is -1.72. The van der Waals surface area contributed by atoms with E-state index in [0.717, 1.165) is 16.5 Å². The molecule has 0 bridgehead atoms. The van der Waals surface area contributed by atoms with Crippen molar-refractivity contribution in [1.82, 2.24) is 0 Å². The van der Waals surface area contributed by atoms with E-state index in [9.17, 15) is 0 Å². The summed E-state index contributed by atoms with van der Waals surface area (Å²) in [6, 6.07) is 8.00. The molecule has 0 aliphatic heterocycles. The van der Waals surface area contributed by atoms with E-state index in [1.165, 1.54) is 0 Å². The number of rotatable bonds is 0. The molecule has 0 saturated heterocycles. The van der Waals surface area contributed by atoms with Gasteiger partial charge in [-0.15, -0.1) is 0 Å². The van der Waals surface area contributed by atoms with Crippen LogP contribution in [0.4, 0.5) is 0 Å². The van der Waals surface area contributed by atoms with Crippen molar-refractivity contribution in [2.45, 2.75) is 26.3 Å². The fourth-order valence-electron chi connectivity index (χ4n) is 1.49. The van der Waals surface area contributed by atoms with Gasteiger partial charge in [0.2, 0.25) is 0 Å². The lowest BCUT2D eigenvalue weighted by Gasteiger charge is -2.06. The third-order valence-electron chi connectivity index (χ3n) is 2.25. The van der Waals surface area contributed by atoms with Gasteiger partial charge in [-0.2, -0.15) is 0 Å². The van der Waals surface area contributed by atoms with Crippen molar-refractivity contribution < 1.29 is 4.42 Å². The SMILES string of the molecule is Cc1cccc2cc(C#CC(C)(C)N)oc12. The van der Waals surface area contributed by atoms with Crippen molar-refractivity contribution in [3.05, 3.63) is 35.6 Å². The lowest BCUT2D eigenvalue weighted by atomic mass is 10.1. The van der Waals surface area contributed by atoms with Crippen molar-refractivity contribution in [2.75, 3.05) is 0 Å². The second-order valence-electron chi connectivity index (χ2n) is 4.58. The van der Waals surface area contributed by atoms with Crippen LogP contribution in [0.15, 0.2) is 28.7 Å². The average Bonchev–Trinajstić information content (AvgIpc) is 2.58. The fraction of sp³-hybridized carbons (Fsp3) is 0.286. The van der Waals surface area contributed by atoms with E-state index >= 15 is 0 Å². The van der Waals surface area contributed by atoms with Crippen LogP contribution < -0.4 is 5.73 Å². The zero-order chi connectivity index (χ0) is 11.8. The zero-order valence-electron chi connectivity index (χ0n) is 9.79. The van der Waals surface area contributed by atoms with E-state index in [1.54, 1.807) is 0 Å². The molecule has 2 aromatic rings. The van der Waals surface area contributed by atoms with Gasteiger partial charge in [0.15, 0.2) is 5.76 Å². The van der Waals surface area contributed by atoms with Crippen LogP contribution in [0.1, 0.15) is 25.2 Å². The van der Waals surface area contributed by atoms with Crippen LogP contribution in [0.5, 0.6) is 0 Å². The summed E-state index contributed by atoms with van der Waals surface area (Å²) in [7, 11) is 0. The first-order valence-electron chi connectivity index (χ1n) is 5.27. The maximum atomic E-state index is 5.79. The van der Waals surface area contributed by atoms with Gasteiger partial charge < -0.3 is 10.2 Å². The third-order valence-corrected chi connectivity index (χ3v) is 2.25. The Bertz CT molecular complexity index is 576. The minimum Gasteiger partial charge on any atom is -0.447 e. The highest BCUT2D eigenvalue weighted by atomic mass is 16.3. The molecule has 0 unspecified atom stereocenters. The predicted octanol–water partition coefficient (Wildman–Crippen LogP) is 2.83. The van der Waals surface area contributed by atoms with Gasteiger partial charge in [-0.25, -0.2) is 0 Å². The Balaban J connectivity index is 2.47. The number of para-hydroxylation sites is 1. The first-order valence-corrected chi connectivity index (χ1v) is 5.27. The molecule has 2 N–H and O–H groups in total. The summed E-state index contributed by atoms with van der Waals surface area (Å²) in [6.07, 6.45) is 0. The first kappa shape index (κ1) is 10.8. The smallest absolute Gasteiger partial charge is 0.178 e. The molecular formula is C14H15NO. The standard InChI is InChI=1S/C14H15NO/c1-10-5-4-6-11-9-12(16-13(10)11)7-8-14(2,3)15/h4-6,9H,15H2,1-3H3. The summed E-state index contributed by atoms with van der Waals surface area (Å²) in [4.78, 5) is 0. The molecule has 0 radical (unpaired) electrons. The molecule has 1 heterocycles. The number of hydrogen-bond acceptors (Lipinski definition) is 2. The number of furan rings is 1. The Kier molecular flexibility index (Phi) is 2.49. The van der Waals surface area contributed by atoms with E-state index in [-0.39, 0.29) is 0 Å². The second-order valence-corrected chi connectivity index (χ2v) is 4.58. The number of fused-ring (bicyclic) bond motifs is 1. The molecule has 0 atom stereocenters. The number of nitrogens with two attached hydrogens (primary N) is 1. The molecule has 0 amide bonds. The molecule has 0 aliphatic carbocycles. The highest BCUT2D eigenvalue weighted by Gasteiger charge is 2.06. The quantitative estimate of drug-likeness (QED) is 0.683. The summed E-state index contributed by atoms with van der Waals surface area (Å²) in [5.74, 6) is 6.58. The molecule has 2 nitrogen and oxygen atoms in total. The second kappa shape index (κ2) is 3.70. The van der Waals surface area contributed by atoms with Crippen LogP contribution in [0.3, 0.4) is 0 Å². The molecular weight excluding hydrogens is 198 g/mol. The average molecular weight is 213 g/mol. The van der Waals surface area contributed by atoms with E-state index in [4.69, 9.17) is 10.2 Å². The van der Waals surface area contributed by atoms with Gasteiger partial charge >= 0.3 is 0 Å². The summed E-state index contributed by atoms with van der Waals surface area (Å²) in [5, 5.41) is 1.08. The van der Waals surface area contributed by atoms with Gasteiger partial charge in [0.05, 0.1) is 5.54 Å². The highest BCUT2D eigenvalue weighted by Crippen LogP contribution is 2.21. The zero-order valence-corrected chi connectivity index (χ0v) is 9.79. The fourth-order valence-corrected chi connectivity index (χ4v) is 1.49. The topological polar surface area (TPSA) is 39.2 Å². The Morgan fingerprint density at radius 1 is 1.31 bits per heavy atom. The van der Waals surface area contributed by atoms with E-state index in [2.05, 4.69) is 11.8 Å². The summed E-state index contributed by atoms with van der Waals surface area (Å²) in [6.45, 7) is 5.76. The highest BCUT2D eigenvalue weighted by molar-refractivity contribution is 5.81. The van der Waals surface area contributed by atoms with Gasteiger partial charge in [0.1, 0.15) is 5.58 Å². The number of hydrogen-bond donors (Lipinski definition) is 1. The van der Waals surface area contributed by atoms with Gasteiger partial charge in [-0.3, -0.25) is 0 Å². The monoisotopic (exact) mass is 213 g/mol. The van der Waals surface area contributed by atoms with Gasteiger partial charge in [-0.05, 0) is 32.3 Å². The van der Waals surface area contributed by atoms with Crippen molar-refractivity contribution in [2.24, 2.45) is 5.73 Å². The van der Waals surface area contributed by atoms with Crippen LogP contribution in [-0.2, 0) is 0 Å². The summed E-state index contributed by atoms with van der Waals surface area (Å²) >= 11 is 0. The number of aryl methyl sites for hydroxylation is 1. The molecule has 1 aromatic heterocycles. The molecule has 0 saturated carbocycles. The van der Waals surface area contributed by atoms with E-state index in [0.29, 0.717) is 5.76 Å². The molecule has 82 valence electrons. The van der Waals surface area contributed by atoms with Crippen molar-refractivity contribution in [1.29, 1.82) is 0 Å². The molecule has 1 aromatic carbocycles. The Labute approximate surface area is 95.4 Å². The molecule has 16 heavy (non-hydrogen) atoms. The van der Waals surface area contributed by atoms with Gasteiger partial charge in [0, 0.05) is 11.5 Å². The predicted molar refractivity (Wildman–Crippen MR) is 66.1 cm³/mol.